The van der Waals surface area contributed by atoms with Crippen molar-refractivity contribution < 1.29 is 4.74 Å². The number of pyridine rings is 1. The summed E-state index contributed by atoms with van der Waals surface area (Å²) in [6.07, 6.45) is 5.33. The van der Waals surface area contributed by atoms with E-state index in [0.717, 1.165) is 19.4 Å². The second-order valence-corrected chi connectivity index (χ2v) is 4.48. The van der Waals surface area contributed by atoms with E-state index in [9.17, 15) is 0 Å². The molecule has 2 atom stereocenters. The van der Waals surface area contributed by atoms with Crippen molar-refractivity contribution in [1.82, 2.24) is 10.4 Å². The van der Waals surface area contributed by atoms with E-state index in [1.165, 1.54) is 17.7 Å². The zero-order valence-corrected chi connectivity index (χ0v) is 10.4. The first-order chi connectivity index (χ1) is 8.36. The number of hydrazine groups is 1. The summed E-state index contributed by atoms with van der Waals surface area (Å²) in [5.41, 5.74) is 5.44. The van der Waals surface area contributed by atoms with E-state index in [2.05, 4.69) is 16.5 Å². The molecule has 0 bridgehead atoms. The van der Waals surface area contributed by atoms with Crippen molar-refractivity contribution in [3.05, 3.63) is 29.6 Å². The lowest BCUT2D eigenvalue weighted by Gasteiger charge is -2.30. The predicted molar refractivity (Wildman–Crippen MR) is 67.5 cm³/mol. The minimum atomic E-state index is 0.156. The standard InChI is InChI=1S/C13H21N3O/c1-2-17-9-12(16-14)11-7-3-5-10-6-4-8-15-13(10)11/h4,6,8,11-12,16H,2-3,5,7,9,14H2,1H3. The predicted octanol–water partition coefficient (Wildman–Crippen LogP) is 1.37. The highest BCUT2D eigenvalue weighted by Crippen LogP contribution is 2.32. The van der Waals surface area contributed by atoms with Gasteiger partial charge in [-0.25, -0.2) is 0 Å². The monoisotopic (exact) mass is 235 g/mol. The van der Waals surface area contributed by atoms with Crippen molar-refractivity contribution in [2.75, 3.05) is 13.2 Å². The minimum Gasteiger partial charge on any atom is -0.380 e. The Bertz CT molecular complexity index is 356. The molecule has 0 saturated carbocycles. The molecule has 0 spiro atoms. The van der Waals surface area contributed by atoms with Gasteiger partial charge >= 0.3 is 0 Å². The molecule has 17 heavy (non-hydrogen) atoms. The Labute approximate surface area is 103 Å². The zero-order valence-electron chi connectivity index (χ0n) is 10.4. The smallest absolute Gasteiger partial charge is 0.0639 e. The maximum absolute atomic E-state index is 5.64. The topological polar surface area (TPSA) is 60.2 Å². The zero-order chi connectivity index (χ0) is 12.1. The fraction of sp³-hybridized carbons (Fsp3) is 0.615. The van der Waals surface area contributed by atoms with Crippen molar-refractivity contribution in [2.24, 2.45) is 5.84 Å². The lowest BCUT2D eigenvalue weighted by atomic mass is 9.82. The molecule has 3 N–H and O–H groups in total. The van der Waals surface area contributed by atoms with E-state index in [0.29, 0.717) is 12.5 Å². The summed E-state index contributed by atoms with van der Waals surface area (Å²) in [7, 11) is 0. The summed E-state index contributed by atoms with van der Waals surface area (Å²) in [5.74, 6) is 6.02. The summed E-state index contributed by atoms with van der Waals surface area (Å²) in [6, 6.07) is 4.33. The molecule has 1 aliphatic rings. The Morgan fingerprint density at radius 1 is 1.65 bits per heavy atom. The van der Waals surface area contributed by atoms with Crippen LogP contribution >= 0.6 is 0 Å². The molecule has 0 amide bonds. The molecule has 1 aromatic rings. The molecule has 0 aliphatic heterocycles. The second kappa shape index (κ2) is 6.10. The Balaban J connectivity index is 2.15. The van der Waals surface area contributed by atoms with Gasteiger partial charge in [0.2, 0.25) is 0 Å². The highest BCUT2D eigenvalue weighted by atomic mass is 16.5. The quantitative estimate of drug-likeness (QED) is 0.598. The maximum atomic E-state index is 5.64. The number of ether oxygens (including phenoxy) is 1. The van der Waals surface area contributed by atoms with Crippen LogP contribution in [0.5, 0.6) is 0 Å². The van der Waals surface area contributed by atoms with Crippen LogP contribution in [0.2, 0.25) is 0 Å². The average molecular weight is 235 g/mol. The number of hydrogen-bond acceptors (Lipinski definition) is 4. The molecule has 0 saturated heterocycles. The van der Waals surface area contributed by atoms with Gasteiger partial charge in [-0.1, -0.05) is 6.07 Å². The Morgan fingerprint density at radius 3 is 3.29 bits per heavy atom. The van der Waals surface area contributed by atoms with E-state index in [-0.39, 0.29) is 6.04 Å². The number of fused-ring (bicyclic) bond motifs is 1. The Kier molecular flexibility index (Phi) is 4.48. The molecule has 0 radical (unpaired) electrons. The molecule has 1 aliphatic carbocycles. The molecule has 1 aromatic heterocycles. The van der Waals surface area contributed by atoms with Gasteiger partial charge in [0.05, 0.1) is 12.6 Å². The molecule has 1 heterocycles. The van der Waals surface area contributed by atoms with Gasteiger partial charge in [-0.2, -0.15) is 0 Å². The minimum absolute atomic E-state index is 0.156. The van der Waals surface area contributed by atoms with Gasteiger partial charge in [-0.05, 0) is 37.8 Å². The Hall–Kier alpha value is -0.970. The number of aryl methyl sites for hydroxylation is 1. The van der Waals surface area contributed by atoms with Crippen molar-refractivity contribution >= 4 is 0 Å². The van der Waals surface area contributed by atoms with Crippen molar-refractivity contribution in [3.8, 4) is 0 Å². The molecule has 0 aromatic carbocycles. The normalized spacial score (nSPS) is 20.9. The van der Waals surface area contributed by atoms with Gasteiger partial charge in [0.25, 0.3) is 0 Å². The van der Waals surface area contributed by atoms with Gasteiger partial charge in [0.1, 0.15) is 0 Å². The molecule has 2 rings (SSSR count). The second-order valence-electron chi connectivity index (χ2n) is 4.48. The van der Waals surface area contributed by atoms with Gasteiger partial charge in [-0.3, -0.25) is 16.3 Å². The lowest BCUT2D eigenvalue weighted by Crippen LogP contribution is -2.44. The van der Waals surface area contributed by atoms with E-state index in [4.69, 9.17) is 10.6 Å². The van der Waals surface area contributed by atoms with Gasteiger partial charge in [0, 0.05) is 24.4 Å². The van der Waals surface area contributed by atoms with Crippen LogP contribution in [0.4, 0.5) is 0 Å². The van der Waals surface area contributed by atoms with Crippen molar-refractivity contribution in [2.45, 2.75) is 38.1 Å². The van der Waals surface area contributed by atoms with Crippen LogP contribution in [0, 0.1) is 0 Å². The first kappa shape index (κ1) is 12.5. The van der Waals surface area contributed by atoms with Gasteiger partial charge in [0.15, 0.2) is 0 Å². The van der Waals surface area contributed by atoms with Gasteiger partial charge in [-0.15, -0.1) is 0 Å². The number of hydrogen-bond donors (Lipinski definition) is 2. The van der Waals surface area contributed by atoms with Crippen LogP contribution in [0.1, 0.15) is 36.9 Å². The summed E-state index contributed by atoms with van der Waals surface area (Å²) in [4.78, 5) is 4.53. The average Bonchev–Trinajstić information content (AvgIpc) is 2.40. The molecular weight excluding hydrogens is 214 g/mol. The number of nitrogens with two attached hydrogens (primary N) is 1. The van der Waals surface area contributed by atoms with E-state index in [1.54, 1.807) is 0 Å². The fourth-order valence-corrected chi connectivity index (χ4v) is 2.56. The third-order valence-electron chi connectivity index (χ3n) is 3.44. The number of nitrogens with one attached hydrogen (secondary N) is 1. The maximum Gasteiger partial charge on any atom is 0.0639 e. The van der Waals surface area contributed by atoms with Crippen molar-refractivity contribution in [1.29, 1.82) is 0 Å². The number of nitrogens with zero attached hydrogens (tertiary/aromatic N) is 1. The summed E-state index contributed by atoms with van der Waals surface area (Å²) in [6.45, 7) is 3.37. The molecule has 4 nitrogen and oxygen atoms in total. The van der Waals surface area contributed by atoms with Crippen LogP contribution in [0.25, 0.3) is 0 Å². The van der Waals surface area contributed by atoms with Crippen LogP contribution in [0.3, 0.4) is 0 Å². The summed E-state index contributed by atoms with van der Waals surface area (Å²) < 4.78 is 5.48. The molecule has 0 fully saturated rings. The van der Waals surface area contributed by atoms with Gasteiger partial charge < -0.3 is 4.74 Å². The first-order valence-corrected chi connectivity index (χ1v) is 6.34. The van der Waals surface area contributed by atoms with Crippen LogP contribution < -0.4 is 11.3 Å². The van der Waals surface area contributed by atoms with Crippen LogP contribution in [0.15, 0.2) is 18.3 Å². The molecule has 2 unspecified atom stereocenters. The summed E-state index contributed by atoms with van der Waals surface area (Å²) in [5, 5.41) is 0. The highest BCUT2D eigenvalue weighted by molar-refractivity contribution is 5.27. The lowest BCUT2D eigenvalue weighted by molar-refractivity contribution is 0.111. The van der Waals surface area contributed by atoms with Crippen molar-refractivity contribution in [3.63, 3.8) is 0 Å². The highest BCUT2D eigenvalue weighted by Gasteiger charge is 2.28. The molecule has 4 heteroatoms. The Morgan fingerprint density at radius 2 is 2.53 bits per heavy atom. The van der Waals surface area contributed by atoms with Crippen LogP contribution in [-0.2, 0) is 11.2 Å². The first-order valence-electron chi connectivity index (χ1n) is 6.34. The van der Waals surface area contributed by atoms with Crippen LogP contribution in [-0.4, -0.2) is 24.2 Å². The third kappa shape index (κ3) is 2.83. The molecular formula is C13H21N3O. The SMILES string of the molecule is CCOCC(NN)C1CCCc2cccnc21. The number of aromatic nitrogens is 1. The number of rotatable bonds is 5. The largest absolute Gasteiger partial charge is 0.380 e. The molecule has 94 valence electrons. The summed E-state index contributed by atoms with van der Waals surface area (Å²) >= 11 is 0. The van der Waals surface area contributed by atoms with E-state index in [1.807, 2.05) is 19.2 Å². The fourth-order valence-electron chi connectivity index (χ4n) is 2.56. The van der Waals surface area contributed by atoms with E-state index >= 15 is 0 Å². The third-order valence-corrected chi connectivity index (χ3v) is 3.44. The van der Waals surface area contributed by atoms with E-state index < -0.39 is 0 Å².